The molecule has 15 aromatic rings. The van der Waals surface area contributed by atoms with Crippen molar-refractivity contribution >= 4 is 112 Å². The van der Waals surface area contributed by atoms with Gasteiger partial charge in [0.1, 0.15) is 119 Å². The van der Waals surface area contributed by atoms with Crippen molar-refractivity contribution in [2.45, 2.75) is 19.6 Å². The third kappa shape index (κ3) is 18.1. The molecule has 30 nitrogen and oxygen atoms in total. The van der Waals surface area contributed by atoms with E-state index in [1.165, 1.54) is 118 Å². The molecule has 0 bridgehead atoms. The van der Waals surface area contributed by atoms with Crippen molar-refractivity contribution in [1.82, 2.24) is 4.98 Å². The molecule has 7 aromatic carbocycles. The summed E-state index contributed by atoms with van der Waals surface area (Å²) in [6.07, 6.45) is 9.20. The molecule has 0 N–H and O–H groups in total. The molecule has 0 radical (unpaired) electrons. The SMILES string of the molecule is CCN(CC)c1ccc2cc(C(=O)c3cc4cc(OC)ccc4oc3=O)c(=O)oc2c1.COc1ccc2cc(C(=O)C3C=C4C(=CC=CC4(OC)OC)OC3=O)c(=O)oc2c1.COc1ccc2cc(C(=O)c3cccnc3)c(=O)oc2c1.COc1ccc2oc(=O)c(C(=O)c3cc4c(OC)cc(OC)cc4oc3=O)cc2c1.O=c1ccc2ccccc2o1. The number of benzene rings is 7. The minimum atomic E-state index is -1.35. The number of pyridine rings is 1. The van der Waals surface area contributed by atoms with E-state index < -0.39 is 74.6 Å². The van der Waals surface area contributed by atoms with Gasteiger partial charge in [-0.1, -0.05) is 24.3 Å². The van der Waals surface area contributed by atoms with E-state index in [2.05, 4.69) is 9.88 Å². The number of carbonyl (C=O) groups is 5. The molecule has 0 saturated heterocycles. The lowest BCUT2D eigenvalue weighted by Gasteiger charge is -2.35. The van der Waals surface area contributed by atoms with Gasteiger partial charge in [-0.3, -0.25) is 29.0 Å². The first-order chi connectivity index (χ1) is 59.4. The Kier molecular flexibility index (Phi) is 25.5. The van der Waals surface area contributed by atoms with Crippen LogP contribution in [0.2, 0.25) is 0 Å². The van der Waals surface area contributed by atoms with Crippen LogP contribution in [-0.4, -0.2) is 110 Å². The Morgan fingerprint density at radius 2 is 0.846 bits per heavy atom. The van der Waals surface area contributed by atoms with E-state index in [1.54, 1.807) is 140 Å². The van der Waals surface area contributed by atoms with Crippen LogP contribution in [0.25, 0.3) is 76.8 Å². The zero-order valence-electron chi connectivity index (χ0n) is 67.2. The fraction of sp³-hybridized carbons (Fsp3) is 0.151. The van der Waals surface area contributed by atoms with Gasteiger partial charge in [0, 0.05) is 120 Å². The molecule has 1 aliphatic carbocycles. The Hall–Kier alpha value is -16.0. The number of nitrogens with zero attached hydrogens (tertiary/aromatic N) is 2. The number of methoxy groups -OCH3 is 8. The lowest BCUT2D eigenvalue weighted by Crippen LogP contribution is -2.41. The normalized spacial score (nSPS) is 12.9. The zero-order chi connectivity index (χ0) is 87.5. The van der Waals surface area contributed by atoms with Crippen LogP contribution in [0.3, 0.4) is 0 Å². The minimum Gasteiger partial charge on any atom is -0.497 e. The number of anilines is 1. The lowest BCUT2D eigenvalue weighted by atomic mass is 9.88. The van der Waals surface area contributed by atoms with E-state index in [0.29, 0.717) is 100 Å². The van der Waals surface area contributed by atoms with Crippen LogP contribution >= 0.6 is 0 Å². The van der Waals surface area contributed by atoms with Gasteiger partial charge in [-0.05, 0) is 166 Å². The molecule has 9 heterocycles. The number of hydrogen-bond acceptors (Lipinski definition) is 30. The second kappa shape index (κ2) is 36.9. The molecule has 8 aromatic heterocycles. The molecule has 0 spiro atoms. The van der Waals surface area contributed by atoms with E-state index in [-0.39, 0.29) is 61.5 Å². The van der Waals surface area contributed by atoms with E-state index >= 15 is 0 Å². The Bertz CT molecular complexity index is 7250. The van der Waals surface area contributed by atoms with E-state index in [9.17, 15) is 57.5 Å². The van der Waals surface area contributed by atoms with Crippen LogP contribution in [0.15, 0.2) is 301 Å². The molecule has 2 aliphatic rings. The number of allylic oxidation sites excluding steroid dienone is 2. The van der Waals surface area contributed by atoms with Gasteiger partial charge >= 0.3 is 45.3 Å². The molecule has 1 aliphatic heterocycles. The Balaban J connectivity index is 0.000000136. The summed E-state index contributed by atoms with van der Waals surface area (Å²) in [5, 5.41) is 4.08. The number of ether oxygens (including phenoxy) is 9. The van der Waals surface area contributed by atoms with Gasteiger partial charge in [-0.2, -0.15) is 0 Å². The number of carbonyl (C=O) groups excluding carboxylic acids is 5. The molecule has 0 saturated carbocycles. The molecule has 123 heavy (non-hydrogen) atoms. The van der Waals surface area contributed by atoms with Crippen molar-refractivity contribution in [3.63, 3.8) is 0 Å². The number of ketones is 4. The summed E-state index contributed by atoms with van der Waals surface area (Å²) in [4.78, 5) is 155. The first-order valence-electron chi connectivity index (χ1n) is 37.4. The number of hydrogen-bond donors (Lipinski definition) is 0. The molecular weight excluding hydrogens is 1590 g/mol. The smallest absolute Gasteiger partial charge is 0.347 e. The first-order valence-corrected chi connectivity index (χ1v) is 37.4. The Labute approximate surface area is 693 Å². The zero-order valence-corrected chi connectivity index (χ0v) is 67.2. The highest BCUT2D eigenvalue weighted by Crippen LogP contribution is 2.39. The summed E-state index contributed by atoms with van der Waals surface area (Å²) in [7, 11) is 11.8. The maximum Gasteiger partial charge on any atom is 0.347 e. The van der Waals surface area contributed by atoms with Crippen LogP contribution in [0.4, 0.5) is 5.69 Å². The topological polar surface area (TPSA) is 396 Å². The van der Waals surface area contributed by atoms with Crippen LogP contribution in [0.1, 0.15) is 72.0 Å². The molecule has 0 amide bonds. The maximum atomic E-state index is 13.1. The minimum absolute atomic E-state index is 0.0133. The van der Waals surface area contributed by atoms with Crippen molar-refractivity contribution in [1.29, 1.82) is 0 Å². The fourth-order valence-electron chi connectivity index (χ4n) is 13.2. The number of aromatic nitrogens is 1. The molecule has 1 unspecified atom stereocenters. The Morgan fingerprint density at radius 3 is 1.37 bits per heavy atom. The maximum absolute atomic E-state index is 13.1. The van der Waals surface area contributed by atoms with Gasteiger partial charge in [-0.25, -0.2) is 33.6 Å². The summed E-state index contributed by atoms with van der Waals surface area (Å²) in [5.41, 5.74) is -2.50. The first kappa shape index (κ1) is 84.9. The lowest BCUT2D eigenvalue weighted by molar-refractivity contribution is -0.153. The summed E-state index contributed by atoms with van der Waals surface area (Å²) in [6, 6.07) is 50.5. The molecular formula is C93H72N2O28. The standard InChI is InChI=1S/C24H21NO6.C22H16O8.C22H18O8.C16H11NO4.C9H6O2/c1-4-25(5-2)16-7-6-14-11-18(24(28)31-21(14)13-16)22(26)19-12-15-10-17(29-3)8-9-20(15)30-23(19)27;1-26-12-4-5-17-11(6-12)7-15(21(24)29-17)20(23)16-10-14-18(28-3)8-13(27-2)9-19(14)30-22(16)25;1-26-13-7-6-12-9-14(20(24)30-18(12)10-13)19(23)15-11-16-17(29-21(15)25)5-4-8-22(16,27-2)28-3;1-20-12-5-4-10-7-13(16(19)21-14(10)8-12)15(18)11-3-2-6-17-9-11;10-9-6-5-7-3-1-2-4-8(7)11-9/h6-13H,4-5H2,1-3H3;4-10H,1-3H3;4-11,15H,1-3H3;2-9H,1H3;1-6H. The van der Waals surface area contributed by atoms with Crippen LogP contribution < -0.4 is 72.7 Å². The summed E-state index contributed by atoms with van der Waals surface area (Å²) in [5.74, 6) is -3.04. The largest absolute Gasteiger partial charge is 0.497 e. The van der Waals surface area contributed by atoms with E-state index in [4.69, 9.17) is 73.6 Å². The van der Waals surface area contributed by atoms with Gasteiger partial charge in [0.25, 0.3) is 0 Å². The number of esters is 1. The van der Waals surface area contributed by atoms with Gasteiger partial charge in [0.15, 0.2) is 5.78 Å². The quantitative estimate of drug-likeness (QED) is 0.0238. The molecule has 1 atom stereocenters. The van der Waals surface area contributed by atoms with E-state index in [1.807, 2.05) is 38.1 Å². The van der Waals surface area contributed by atoms with Crippen molar-refractivity contribution in [3.05, 3.63) is 348 Å². The molecule has 17 rings (SSSR count). The summed E-state index contributed by atoms with van der Waals surface area (Å²) >= 11 is 0. The van der Waals surface area contributed by atoms with Crippen LogP contribution in [-0.2, 0) is 19.0 Å². The van der Waals surface area contributed by atoms with Crippen LogP contribution in [0.5, 0.6) is 34.5 Å². The number of rotatable bonds is 19. The second-order valence-corrected chi connectivity index (χ2v) is 26.8. The number of para-hydroxylation sites is 1. The van der Waals surface area contributed by atoms with Crippen molar-refractivity contribution in [3.8, 4) is 34.5 Å². The summed E-state index contributed by atoms with van der Waals surface area (Å²) in [6.45, 7) is 5.70. The van der Waals surface area contributed by atoms with Gasteiger partial charge in [0.05, 0.1) is 53.6 Å². The fourth-order valence-corrected chi connectivity index (χ4v) is 13.2. The second-order valence-electron chi connectivity index (χ2n) is 26.8. The Morgan fingerprint density at radius 1 is 0.398 bits per heavy atom. The van der Waals surface area contributed by atoms with Crippen molar-refractivity contribution in [2.75, 3.05) is 74.9 Å². The van der Waals surface area contributed by atoms with Crippen molar-refractivity contribution < 1.29 is 97.5 Å². The molecule has 30 heteroatoms. The van der Waals surface area contributed by atoms with Crippen molar-refractivity contribution in [2.24, 2.45) is 5.92 Å². The van der Waals surface area contributed by atoms with Gasteiger partial charge < -0.3 is 78.5 Å². The molecule has 0 fully saturated rings. The highest BCUT2D eigenvalue weighted by molar-refractivity contribution is 6.14. The number of Topliss-reactive ketones (excluding diaryl/α,β-unsaturated/α-hetero) is 1. The monoisotopic (exact) mass is 1660 g/mol. The molecule has 622 valence electrons. The predicted octanol–water partition coefficient (Wildman–Crippen LogP) is 13.9. The third-order valence-corrected chi connectivity index (χ3v) is 19.7. The van der Waals surface area contributed by atoms with Gasteiger partial charge in [0.2, 0.25) is 23.1 Å². The highest BCUT2D eigenvalue weighted by atomic mass is 16.7. The highest BCUT2D eigenvalue weighted by Gasteiger charge is 2.44. The average Bonchev–Trinajstić information content (AvgIpc) is 0.744. The third-order valence-electron chi connectivity index (χ3n) is 19.7. The van der Waals surface area contributed by atoms with E-state index in [0.717, 1.165) is 24.2 Å². The van der Waals surface area contributed by atoms with Gasteiger partial charge in [-0.15, -0.1) is 0 Å². The average molecular weight is 1670 g/mol. The predicted molar refractivity (Wildman–Crippen MR) is 451 cm³/mol. The van der Waals surface area contributed by atoms with Crippen LogP contribution in [0, 0.1) is 5.92 Å². The number of fused-ring (bicyclic) bond motifs is 8. The summed E-state index contributed by atoms with van der Waals surface area (Å²) < 4.78 is 83.8.